The molecule has 0 spiro atoms. The molecule has 0 saturated carbocycles. The molecule has 4 nitrogen and oxygen atoms in total. The van der Waals surface area contributed by atoms with E-state index in [0.717, 1.165) is 0 Å². The molecule has 0 aromatic rings. The molecule has 0 aliphatic heterocycles. The average Bonchev–Trinajstić information content (AvgIpc) is 1.62. The van der Waals surface area contributed by atoms with Gasteiger partial charge in [-0.3, -0.25) is 0 Å². The Kier molecular flexibility index (Phi) is 2.04. The molecule has 0 bridgehead atoms. The van der Waals surface area contributed by atoms with Gasteiger partial charge in [0.05, 0.1) is 0 Å². The SMILES string of the molecule is C[N+](=O)S(=O)(=O)C(F)(F)F. The molecule has 0 fully saturated rings. The van der Waals surface area contributed by atoms with Crippen molar-refractivity contribution < 1.29 is 25.8 Å². The third-order valence-electron chi connectivity index (χ3n) is 0.631. The van der Waals surface area contributed by atoms with Gasteiger partial charge in [0.25, 0.3) is 0 Å². The maximum Gasteiger partial charge on any atom is 0.564 e. The van der Waals surface area contributed by atoms with Crippen LogP contribution in [-0.4, -0.2) is 25.1 Å². The summed E-state index contributed by atoms with van der Waals surface area (Å²) in [7, 11) is -5.37. The van der Waals surface area contributed by atoms with Crippen molar-refractivity contribution in [3.8, 4) is 0 Å². The minimum atomic E-state index is -5.64. The van der Waals surface area contributed by atoms with Gasteiger partial charge in [-0.05, 0) is 0 Å². The lowest BCUT2D eigenvalue weighted by Crippen LogP contribution is -2.30. The number of sulfonamides is 1. The van der Waals surface area contributed by atoms with E-state index in [4.69, 9.17) is 0 Å². The molecule has 0 aliphatic carbocycles. The van der Waals surface area contributed by atoms with Gasteiger partial charge in [0.2, 0.25) is 7.05 Å². The van der Waals surface area contributed by atoms with Gasteiger partial charge in [-0.2, -0.15) is 21.6 Å². The Labute approximate surface area is 54.3 Å². The summed E-state index contributed by atoms with van der Waals surface area (Å²) in [6.07, 6.45) is 0. The Balaban J connectivity index is 4.98. The van der Waals surface area contributed by atoms with Crippen molar-refractivity contribution in [3.05, 3.63) is 4.91 Å². The highest BCUT2D eigenvalue weighted by Gasteiger charge is 2.56. The quantitative estimate of drug-likeness (QED) is 0.540. The first-order valence-electron chi connectivity index (χ1n) is 1.92. The number of nitrogens with zero attached hydrogens (tertiary/aromatic N) is 1. The molecule has 8 heteroatoms. The summed E-state index contributed by atoms with van der Waals surface area (Å²) in [6.45, 7) is 0. The number of alkyl halides is 3. The lowest BCUT2D eigenvalue weighted by atomic mass is 11.5. The molecular formula is C2H3F3NO3S+. The highest BCUT2D eigenvalue weighted by Crippen LogP contribution is 2.23. The number of nitroso groups, excluding NO2 is 1. The molecule has 0 aromatic carbocycles. The van der Waals surface area contributed by atoms with Crippen LogP contribution in [-0.2, 0) is 10.0 Å². The van der Waals surface area contributed by atoms with Crippen LogP contribution in [0.25, 0.3) is 0 Å². The Morgan fingerprint density at radius 2 is 1.60 bits per heavy atom. The molecule has 60 valence electrons. The van der Waals surface area contributed by atoms with E-state index in [0.29, 0.717) is 0 Å². The summed E-state index contributed by atoms with van der Waals surface area (Å²) in [6, 6.07) is 0. The molecule has 0 saturated heterocycles. The molecule has 0 unspecified atom stereocenters. The standard InChI is InChI=1S/C2H3F3NO3S/c1-6(7)10(8,9)2(3,4)5/h1H3/q+1. The highest BCUT2D eigenvalue weighted by molar-refractivity contribution is 7.86. The summed E-state index contributed by atoms with van der Waals surface area (Å²) in [5.74, 6) is 0. The first-order valence-corrected chi connectivity index (χ1v) is 3.36. The molecule has 0 N–H and O–H groups in total. The lowest BCUT2D eigenvalue weighted by Gasteiger charge is -1.95. The van der Waals surface area contributed by atoms with E-state index in [-0.39, 0.29) is 7.05 Å². The summed E-state index contributed by atoms with van der Waals surface area (Å²) < 4.78 is 52.3. The van der Waals surface area contributed by atoms with Crippen LogP contribution in [0.5, 0.6) is 0 Å². The zero-order chi connectivity index (χ0) is 8.58. The third kappa shape index (κ3) is 1.43. The normalized spacial score (nSPS) is 13.2. The molecule has 0 rings (SSSR count). The van der Waals surface area contributed by atoms with Gasteiger partial charge in [0.15, 0.2) is 0 Å². The minimum absolute atomic E-state index is 0.267. The Morgan fingerprint density at radius 1 is 1.30 bits per heavy atom. The lowest BCUT2D eigenvalue weighted by molar-refractivity contribution is -0.363. The van der Waals surface area contributed by atoms with E-state index in [1.54, 1.807) is 0 Å². The summed E-state index contributed by atoms with van der Waals surface area (Å²) in [4.78, 5) is 9.72. The van der Waals surface area contributed by atoms with Crippen molar-refractivity contribution >= 4 is 10.0 Å². The number of rotatable bonds is 1. The summed E-state index contributed by atoms with van der Waals surface area (Å²) >= 11 is 0. The zero-order valence-electron chi connectivity index (χ0n) is 4.71. The van der Waals surface area contributed by atoms with Crippen LogP contribution in [0.4, 0.5) is 13.2 Å². The molecule has 0 aliphatic rings. The van der Waals surface area contributed by atoms with Crippen LogP contribution >= 0.6 is 0 Å². The second-order valence-corrected chi connectivity index (χ2v) is 3.29. The van der Waals surface area contributed by atoms with Gasteiger partial charge >= 0.3 is 15.5 Å². The van der Waals surface area contributed by atoms with E-state index in [1.165, 1.54) is 0 Å². The number of halogens is 3. The average molecular weight is 178 g/mol. The molecular weight excluding hydrogens is 175 g/mol. The first kappa shape index (κ1) is 9.34. The van der Waals surface area contributed by atoms with Crippen molar-refractivity contribution in [1.29, 1.82) is 0 Å². The highest BCUT2D eigenvalue weighted by atomic mass is 32.2. The van der Waals surface area contributed by atoms with Crippen LogP contribution < -0.4 is 0 Å². The van der Waals surface area contributed by atoms with Crippen LogP contribution in [0.15, 0.2) is 0 Å². The number of hydrogen-bond donors (Lipinski definition) is 0. The minimum Gasteiger partial charge on any atom is -0.151 e. The second-order valence-electron chi connectivity index (χ2n) is 1.36. The van der Waals surface area contributed by atoms with E-state index in [2.05, 4.69) is 0 Å². The van der Waals surface area contributed by atoms with Gasteiger partial charge in [-0.15, -0.1) is 0 Å². The maximum atomic E-state index is 11.3. The molecule has 0 atom stereocenters. The monoisotopic (exact) mass is 178 g/mol. The third-order valence-corrected chi connectivity index (χ3v) is 1.89. The fourth-order valence-electron chi connectivity index (χ4n) is 0.146. The molecule has 10 heavy (non-hydrogen) atoms. The van der Waals surface area contributed by atoms with Gasteiger partial charge in [-0.25, -0.2) is 0 Å². The Hall–Kier alpha value is -0.660. The number of hydrogen-bond acceptors (Lipinski definition) is 3. The predicted molar refractivity (Wildman–Crippen MR) is 24.5 cm³/mol. The van der Waals surface area contributed by atoms with Gasteiger partial charge in [0.1, 0.15) is 4.17 Å². The zero-order valence-corrected chi connectivity index (χ0v) is 5.53. The van der Waals surface area contributed by atoms with Crippen molar-refractivity contribution in [2.24, 2.45) is 0 Å². The van der Waals surface area contributed by atoms with E-state index >= 15 is 0 Å². The van der Waals surface area contributed by atoms with Crippen LogP contribution in [0.1, 0.15) is 0 Å². The summed E-state index contributed by atoms with van der Waals surface area (Å²) in [5.41, 5.74) is -5.50. The van der Waals surface area contributed by atoms with Crippen molar-refractivity contribution in [3.63, 3.8) is 0 Å². The fraction of sp³-hybridized carbons (Fsp3) is 1.00. The van der Waals surface area contributed by atoms with Gasteiger partial charge in [0, 0.05) is 4.91 Å². The predicted octanol–water partition coefficient (Wildman–Crippen LogP) is 0.245. The van der Waals surface area contributed by atoms with Crippen molar-refractivity contribution in [2.75, 3.05) is 7.05 Å². The largest absolute Gasteiger partial charge is 0.564 e. The van der Waals surface area contributed by atoms with Crippen molar-refractivity contribution in [1.82, 2.24) is 0 Å². The van der Waals surface area contributed by atoms with Crippen molar-refractivity contribution in [2.45, 2.75) is 5.51 Å². The first-order chi connectivity index (χ1) is 4.19. The smallest absolute Gasteiger partial charge is 0.151 e. The van der Waals surface area contributed by atoms with E-state index in [1.807, 2.05) is 0 Å². The van der Waals surface area contributed by atoms with Gasteiger partial charge < -0.3 is 0 Å². The van der Waals surface area contributed by atoms with Crippen LogP contribution in [0.2, 0.25) is 0 Å². The Morgan fingerprint density at radius 3 is 1.60 bits per heavy atom. The molecule has 0 heterocycles. The Bertz CT molecular complexity index is 239. The van der Waals surface area contributed by atoms with E-state index in [9.17, 15) is 26.5 Å². The summed E-state index contributed by atoms with van der Waals surface area (Å²) in [5, 5.41) is 0. The molecule has 0 amide bonds. The van der Waals surface area contributed by atoms with Crippen LogP contribution in [0, 0.1) is 4.91 Å². The van der Waals surface area contributed by atoms with Crippen LogP contribution in [0.3, 0.4) is 0 Å². The fourth-order valence-corrected chi connectivity index (χ4v) is 0.437. The van der Waals surface area contributed by atoms with Gasteiger partial charge in [-0.1, -0.05) is 0 Å². The van der Waals surface area contributed by atoms with E-state index < -0.39 is 19.7 Å². The topological polar surface area (TPSA) is 54.2 Å². The molecule has 0 aromatic heterocycles. The second kappa shape index (κ2) is 2.19. The molecule has 0 radical (unpaired) electrons. The maximum absolute atomic E-state index is 11.3.